The fourth-order valence-corrected chi connectivity index (χ4v) is 5.68. The zero-order chi connectivity index (χ0) is 28.2. The number of carbonyl (C=O) groups is 2. The molecule has 0 saturated carbocycles. The molecule has 1 aliphatic rings. The van der Waals surface area contributed by atoms with Crippen molar-refractivity contribution < 1.29 is 28.2 Å². The lowest BCUT2D eigenvalue weighted by molar-refractivity contribution is -0.140. The van der Waals surface area contributed by atoms with Gasteiger partial charge in [0.15, 0.2) is 4.80 Å². The highest BCUT2D eigenvalue weighted by atomic mass is 79.9. The summed E-state index contributed by atoms with van der Waals surface area (Å²) >= 11 is 4.70. The third-order valence-corrected chi connectivity index (χ3v) is 7.51. The second kappa shape index (κ2) is 12.0. The number of hydrogen-bond acceptors (Lipinski definition) is 9. The second-order valence-corrected chi connectivity index (χ2v) is 10.6. The molecule has 204 valence electrons. The van der Waals surface area contributed by atoms with Gasteiger partial charge in [0.05, 0.1) is 34.7 Å². The Morgan fingerprint density at radius 3 is 2.60 bits per heavy atom. The van der Waals surface area contributed by atoms with Crippen LogP contribution in [0, 0.1) is 0 Å². The van der Waals surface area contributed by atoms with Crippen LogP contribution in [0.15, 0.2) is 96.9 Å². The van der Waals surface area contributed by atoms with Crippen LogP contribution in [0.5, 0.6) is 5.75 Å². The quantitative estimate of drug-likeness (QED) is 0.166. The van der Waals surface area contributed by atoms with Crippen LogP contribution in [0.1, 0.15) is 34.6 Å². The summed E-state index contributed by atoms with van der Waals surface area (Å²) in [4.78, 5) is 44.4. The first-order chi connectivity index (χ1) is 19.4. The van der Waals surface area contributed by atoms with E-state index in [2.05, 4.69) is 20.9 Å². The van der Waals surface area contributed by atoms with Crippen LogP contribution < -0.4 is 19.6 Å². The van der Waals surface area contributed by atoms with E-state index in [0.717, 1.165) is 10.0 Å². The van der Waals surface area contributed by atoms with E-state index in [0.29, 0.717) is 20.6 Å². The van der Waals surface area contributed by atoms with Gasteiger partial charge < -0.3 is 18.6 Å². The summed E-state index contributed by atoms with van der Waals surface area (Å²) in [5, 5.41) is 0. The molecule has 40 heavy (non-hydrogen) atoms. The van der Waals surface area contributed by atoms with Gasteiger partial charge in [-0.15, -0.1) is 0 Å². The van der Waals surface area contributed by atoms with Crippen LogP contribution in [0.3, 0.4) is 0 Å². The fraction of sp³-hybridized carbons (Fsp3) is 0.172. The molecule has 0 saturated heterocycles. The molecule has 0 bridgehead atoms. The van der Waals surface area contributed by atoms with E-state index in [4.69, 9.17) is 18.6 Å². The normalized spacial score (nSPS) is 15.0. The molecule has 0 amide bonds. The van der Waals surface area contributed by atoms with Crippen molar-refractivity contribution in [3.05, 3.63) is 119 Å². The van der Waals surface area contributed by atoms with Gasteiger partial charge in [0, 0.05) is 11.6 Å². The number of thiazole rings is 1. The Hall–Kier alpha value is -4.06. The second-order valence-electron chi connectivity index (χ2n) is 8.70. The molecule has 1 unspecified atom stereocenters. The minimum Gasteiger partial charge on any atom is -0.460 e. The highest BCUT2D eigenvalue weighted by Crippen LogP contribution is 2.32. The van der Waals surface area contributed by atoms with Gasteiger partial charge >= 0.3 is 11.9 Å². The molecule has 4 aromatic rings. The van der Waals surface area contributed by atoms with Gasteiger partial charge in [-0.2, -0.15) is 0 Å². The molecule has 0 N–H and O–H groups in total. The summed E-state index contributed by atoms with van der Waals surface area (Å²) in [7, 11) is 1.51. The Morgan fingerprint density at radius 1 is 1.10 bits per heavy atom. The number of esters is 2. The molecule has 0 aliphatic carbocycles. The molecule has 0 fully saturated rings. The molecular formula is C29H23BrN2O7S. The van der Waals surface area contributed by atoms with E-state index in [1.165, 1.54) is 35.3 Å². The van der Waals surface area contributed by atoms with Gasteiger partial charge in [-0.1, -0.05) is 51.5 Å². The summed E-state index contributed by atoms with van der Waals surface area (Å²) in [6.07, 6.45) is 3.17. The molecule has 2 aromatic carbocycles. The Balaban J connectivity index is 1.57. The summed E-state index contributed by atoms with van der Waals surface area (Å²) in [5.41, 5.74) is 1.83. The Kier molecular flexibility index (Phi) is 8.24. The van der Waals surface area contributed by atoms with Gasteiger partial charge in [-0.05, 0) is 60.5 Å². The molecule has 0 spiro atoms. The number of furan rings is 1. The van der Waals surface area contributed by atoms with E-state index in [-0.39, 0.29) is 35.9 Å². The van der Waals surface area contributed by atoms with Crippen LogP contribution in [-0.2, 0) is 14.3 Å². The number of benzene rings is 2. The van der Waals surface area contributed by atoms with Crippen molar-refractivity contribution in [2.75, 3.05) is 20.3 Å². The topological polar surface area (TPSA) is 109 Å². The van der Waals surface area contributed by atoms with Crippen molar-refractivity contribution >= 4 is 45.3 Å². The predicted molar refractivity (Wildman–Crippen MR) is 151 cm³/mol. The zero-order valence-electron chi connectivity index (χ0n) is 21.5. The highest BCUT2D eigenvalue weighted by molar-refractivity contribution is 9.10. The van der Waals surface area contributed by atoms with E-state index < -0.39 is 18.0 Å². The van der Waals surface area contributed by atoms with E-state index in [1.54, 1.807) is 43.3 Å². The molecular weight excluding hydrogens is 600 g/mol. The fourth-order valence-electron chi connectivity index (χ4n) is 4.21. The number of fused-ring (bicyclic) bond motifs is 1. The summed E-state index contributed by atoms with van der Waals surface area (Å²) < 4.78 is 23.8. The monoisotopic (exact) mass is 622 g/mol. The van der Waals surface area contributed by atoms with Crippen LogP contribution >= 0.6 is 27.3 Å². The highest BCUT2D eigenvalue weighted by Gasteiger charge is 2.33. The molecule has 3 heterocycles. The molecule has 2 aromatic heterocycles. The SMILES string of the molecule is COCCOC(=O)C1=C(C)N=c2s/c(=C\c3cccc(Br)c3)c(=O)n2C1c1ccc(OC(=O)c2ccco2)cc1. The standard InChI is InChI=1S/C29H23BrN2O7S/c1-17-24(28(35)38-14-13-36-2)25(19-8-10-21(11-9-19)39-27(34)22-7-4-12-37-22)32-26(33)23(40-29(32)31-17)16-18-5-3-6-20(30)15-18/h3-12,15-16,25H,13-14H2,1-2H3/b23-16-. The number of ether oxygens (including phenoxy) is 3. The first-order valence-corrected chi connectivity index (χ1v) is 13.8. The van der Waals surface area contributed by atoms with Crippen molar-refractivity contribution in [2.24, 2.45) is 4.99 Å². The van der Waals surface area contributed by atoms with Crippen molar-refractivity contribution in [3.63, 3.8) is 0 Å². The third kappa shape index (κ3) is 5.76. The minimum absolute atomic E-state index is 0.0494. The third-order valence-electron chi connectivity index (χ3n) is 6.04. The molecule has 0 radical (unpaired) electrons. The minimum atomic E-state index is -0.814. The summed E-state index contributed by atoms with van der Waals surface area (Å²) in [6, 6.07) is 16.4. The van der Waals surface area contributed by atoms with Crippen molar-refractivity contribution in [1.29, 1.82) is 0 Å². The lowest BCUT2D eigenvalue weighted by Crippen LogP contribution is -2.40. The molecule has 1 aliphatic heterocycles. The predicted octanol–water partition coefficient (Wildman–Crippen LogP) is 4.00. The number of carbonyl (C=O) groups excluding carboxylic acids is 2. The van der Waals surface area contributed by atoms with Gasteiger partial charge in [0.1, 0.15) is 12.4 Å². The van der Waals surface area contributed by atoms with E-state index >= 15 is 0 Å². The van der Waals surface area contributed by atoms with Gasteiger partial charge in [-0.3, -0.25) is 9.36 Å². The zero-order valence-corrected chi connectivity index (χ0v) is 23.9. The van der Waals surface area contributed by atoms with Crippen molar-refractivity contribution in [3.8, 4) is 5.75 Å². The average Bonchev–Trinajstić information content (AvgIpc) is 3.57. The van der Waals surface area contributed by atoms with Crippen LogP contribution in [-0.4, -0.2) is 36.8 Å². The van der Waals surface area contributed by atoms with Crippen LogP contribution in [0.4, 0.5) is 0 Å². The van der Waals surface area contributed by atoms with Gasteiger partial charge in [-0.25, -0.2) is 14.6 Å². The number of nitrogens with zero attached hydrogens (tertiary/aromatic N) is 2. The number of aromatic nitrogens is 1. The Morgan fingerprint density at radius 2 is 1.90 bits per heavy atom. The maximum absolute atomic E-state index is 13.8. The number of halogens is 1. The lowest BCUT2D eigenvalue weighted by atomic mass is 9.96. The van der Waals surface area contributed by atoms with E-state index in [1.807, 2.05) is 24.3 Å². The smallest absolute Gasteiger partial charge is 0.379 e. The average molecular weight is 623 g/mol. The first-order valence-electron chi connectivity index (χ1n) is 12.2. The maximum Gasteiger partial charge on any atom is 0.379 e. The Labute approximate surface area is 240 Å². The summed E-state index contributed by atoms with van der Waals surface area (Å²) in [6.45, 7) is 1.99. The van der Waals surface area contributed by atoms with Crippen molar-refractivity contribution in [1.82, 2.24) is 4.57 Å². The van der Waals surface area contributed by atoms with Crippen LogP contribution in [0.2, 0.25) is 0 Å². The van der Waals surface area contributed by atoms with Gasteiger partial charge in [0.2, 0.25) is 5.76 Å². The molecule has 11 heteroatoms. The van der Waals surface area contributed by atoms with Crippen LogP contribution in [0.25, 0.3) is 6.08 Å². The number of hydrogen-bond donors (Lipinski definition) is 0. The maximum atomic E-state index is 13.8. The number of rotatable bonds is 8. The van der Waals surface area contributed by atoms with Gasteiger partial charge in [0.25, 0.3) is 5.56 Å². The number of methoxy groups -OCH3 is 1. The largest absolute Gasteiger partial charge is 0.460 e. The van der Waals surface area contributed by atoms with Crippen molar-refractivity contribution in [2.45, 2.75) is 13.0 Å². The van der Waals surface area contributed by atoms with E-state index in [9.17, 15) is 14.4 Å². The summed E-state index contributed by atoms with van der Waals surface area (Å²) in [5.74, 6) is -0.896. The lowest BCUT2D eigenvalue weighted by Gasteiger charge is -2.25. The molecule has 9 nitrogen and oxygen atoms in total. The molecule has 1 atom stereocenters. The first kappa shape index (κ1) is 27.5. The molecule has 5 rings (SSSR count). The number of allylic oxidation sites excluding steroid dienone is 1. The Bertz CT molecular complexity index is 1770.